The van der Waals surface area contributed by atoms with Crippen molar-refractivity contribution in [3.8, 4) is 0 Å². The van der Waals surface area contributed by atoms with Crippen LogP contribution in [0, 0.1) is 0 Å². The number of nitrogens with zero attached hydrogens (tertiary/aromatic N) is 2. The Morgan fingerprint density at radius 1 is 1.62 bits per heavy atom. The Labute approximate surface area is 91.9 Å². The Balaban J connectivity index is 3.09. The van der Waals surface area contributed by atoms with Crippen LogP contribution in [0.25, 0.3) is 0 Å². The Morgan fingerprint density at radius 2 is 2.25 bits per heavy atom. The molecule has 0 bridgehead atoms. The third-order valence-electron chi connectivity index (χ3n) is 2.22. The number of aryl methyl sites for hydroxylation is 1. The first-order valence-corrected chi connectivity index (χ1v) is 4.60. The lowest BCUT2D eigenvalue weighted by molar-refractivity contribution is -0.0159. The van der Waals surface area contributed by atoms with Crippen molar-refractivity contribution >= 4 is 5.97 Å². The second kappa shape index (κ2) is 5.06. The largest absolute Gasteiger partial charge is 0.464 e. The first kappa shape index (κ1) is 12.6. The van der Waals surface area contributed by atoms with Gasteiger partial charge in [0, 0.05) is 12.6 Å². The average Bonchev–Trinajstić information content (AvgIpc) is 2.68. The predicted molar refractivity (Wildman–Crippen MR) is 52.6 cm³/mol. The monoisotopic (exact) mass is 230 g/mol. The smallest absolute Gasteiger partial charge is 0.356 e. The maximum Gasteiger partial charge on any atom is 0.356 e. The molecule has 3 N–H and O–H groups in total. The minimum Gasteiger partial charge on any atom is -0.464 e. The lowest BCUT2D eigenvalue weighted by atomic mass is 10.1. The topological polar surface area (TPSA) is 105 Å². The number of rotatable bonds is 4. The molecule has 0 aliphatic rings. The van der Waals surface area contributed by atoms with E-state index in [0.717, 1.165) is 0 Å². The van der Waals surface area contributed by atoms with Gasteiger partial charge < -0.3 is 20.1 Å². The quantitative estimate of drug-likeness (QED) is 0.549. The molecular weight excluding hydrogens is 216 g/mol. The first-order valence-electron chi connectivity index (χ1n) is 4.60. The zero-order valence-corrected chi connectivity index (χ0v) is 8.99. The van der Waals surface area contributed by atoms with Crippen LogP contribution in [0.4, 0.5) is 0 Å². The van der Waals surface area contributed by atoms with E-state index >= 15 is 0 Å². The van der Waals surface area contributed by atoms with Gasteiger partial charge >= 0.3 is 5.97 Å². The normalized spacial score (nSPS) is 14.6. The molecule has 1 heterocycles. The van der Waals surface area contributed by atoms with Gasteiger partial charge in [-0.05, 0) is 0 Å². The summed E-state index contributed by atoms with van der Waals surface area (Å²) in [6, 6.07) is 0. The van der Waals surface area contributed by atoms with E-state index in [4.69, 9.17) is 5.11 Å². The van der Waals surface area contributed by atoms with Crippen LogP contribution in [0.1, 0.15) is 22.2 Å². The second-order valence-corrected chi connectivity index (χ2v) is 3.26. The maximum absolute atomic E-state index is 11.4. The number of aliphatic hydroxyl groups excluding tert-OH is 3. The summed E-state index contributed by atoms with van der Waals surface area (Å²) in [5.41, 5.74) is 0.165. The van der Waals surface area contributed by atoms with Crippen molar-refractivity contribution < 1.29 is 24.9 Å². The summed E-state index contributed by atoms with van der Waals surface area (Å²) in [7, 11) is 2.71. The van der Waals surface area contributed by atoms with Gasteiger partial charge in [-0.25, -0.2) is 4.79 Å². The minimum atomic E-state index is -1.38. The maximum atomic E-state index is 11.4. The van der Waals surface area contributed by atoms with Crippen molar-refractivity contribution in [2.45, 2.75) is 12.2 Å². The molecule has 90 valence electrons. The molecule has 0 aliphatic carbocycles. The van der Waals surface area contributed by atoms with Crippen molar-refractivity contribution in [2.75, 3.05) is 13.7 Å². The molecular formula is C9H14N2O5. The fraction of sp³-hybridized carbons (Fsp3) is 0.556. The summed E-state index contributed by atoms with van der Waals surface area (Å²) < 4.78 is 5.76. The van der Waals surface area contributed by atoms with E-state index < -0.39 is 24.8 Å². The SMILES string of the molecule is COC(=O)c1c(C(O)C(O)CO)cnn1C. The number of aromatic nitrogens is 2. The van der Waals surface area contributed by atoms with Crippen molar-refractivity contribution in [2.24, 2.45) is 7.05 Å². The van der Waals surface area contributed by atoms with E-state index in [1.165, 1.54) is 25.0 Å². The van der Waals surface area contributed by atoms with Gasteiger partial charge in [0.2, 0.25) is 0 Å². The highest BCUT2D eigenvalue weighted by atomic mass is 16.5. The van der Waals surface area contributed by atoms with Gasteiger partial charge in [0.1, 0.15) is 12.2 Å². The third-order valence-corrected chi connectivity index (χ3v) is 2.22. The molecule has 1 aromatic rings. The summed E-state index contributed by atoms with van der Waals surface area (Å²) in [6.07, 6.45) is -1.50. The van der Waals surface area contributed by atoms with Crippen LogP contribution in [0.2, 0.25) is 0 Å². The van der Waals surface area contributed by atoms with Crippen molar-refractivity contribution in [1.29, 1.82) is 0 Å². The average molecular weight is 230 g/mol. The number of carbonyl (C=O) groups is 1. The molecule has 0 radical (unpaired) electrons. The molecule has 16 heavy (non-hydrogen) atoms. The van der Waals surface area contributed by atoms with E-state index in [-0.39, 0.29) is 11.3 Å². The molecule has 2 atom stereocenters. The van der Waals surface area contributed by atoms with Crippen molar-refractivity contribution in [1.82, 2.24) is 9.78 Å². The third kappa shape index (κ3) is 2.21. The number of hydrogen-bond acceptors (Lipinski definition) is 6. The van der Waals surface area contributed by atoms with Crippen LogP contribution in [0.15, 0.2) is 6.20 Å². The van der Waals surface area contributed by atoms with Crippen LogP contribution >= 0.6 is 0 Å². The molecule has 1 rings (SSSR count). The minimum absolute atomic E-state index is 0.0440. The Hall–Kier alpha value is -1.44. The van der Waals surface area contributed by atoms with E-state index in [9.17, 15) is 15.0 Å². The van der Waals surface area contributed by atoms with Crippen LogP contribution in [-0.4, -0.2) is 50.9 Å². The summed E-state index contributed by atoms with van der Waals surface area (Å²) >= 11 is 0. The second-order valence-electron chi connectivity index (χ2n) is 3.26. The Bertz CT molecular complexity index is 376. The zero-order chi connectivity index (χ0) is 12.3. The molecule has 2 unspecified atom stereocenters. The molecule has 0 fully saturated rings. The molecule has 0 aliphatic heterocycles. The molecule has 0 saturated carbocycles. The van der Waals surface area contributed by atoms with Gasteiger partial charge in [-0.3, -0.25) is 4.68 Å². The summed E-state index contributed by atoms with van der Waals surface area (Å²) in [6.45, 7) is -0.614. The fourth-order valence-electron chi connectivity index (χ4n) is 1.32. The number of methoxy groups -OCH3 is 1. The molecule has 7 nitrogen and oxygen atoms in total. The summed E-state index contributed by atoms with van der Waals surface area (Å²) in [4.78, 5) is 11.4. The van der Waals surface area contributed by atoms with Gasteiger partial charge in [-0.2, -0.15) is 5.10 Å². The number of aliphatic hydroxyl groups is 3. The Kier molecular flexibility index (Phi) is 3.99. The highest BCUT2D eigenvalue weighted by Crippen LogP contribution is 2.21. The number of ether oxygens (including phenoxy) is 1. The molecule has 0 spiro atoms. The van der Waals surface area contributed by atoms with Crippen LogP contribution in [0.3, 0.4) is 0 Å². The number of esters is 1. The molecule has 0 aromatic carbocycles. The van der Waals surface area contributed by atoms with Gasteiger partial charge in [0.15, 0.2) is 5.69 Å². The summed E-state index contributed by atoms with van der Waals surface area (Å²) in [5.74, 6) is -0.667. The molecule has 7 heteroatoms. The van der Waals surface area contributed by atoms with Crippen molar-refractivity contribution in [3.63, 3.8) is 0 Å². The highest BCUT2D eigenvalue weighted by molar-refractivity contribution is 5.89. The van der Waals surface area contributed by atoms with Gasteiger partial charge in [-0.15, -0.1) is 0 Å². The lowest BCUT2D eigenvalue weighted by Crippen LogP contribution is -2.24. The van der Waals surface area contributed by atoms with Gasteiger partial charge in [0.25, 0.3) is 0 Å². The lowest BCUT2D eigenvalue weighted by Gasteiger charge is -2.15. The molecule has 0 amide bonds. The fourth-order valence-corrected chi connectivity index (χ4v) is 1.32. The van der Waals surface area contributed by atoms with E-state index in [1.807, 2.05) is 0 Å². The zero-order valence-electron chi connectivity index (χ0n) is 8.99. The Morgan fingerprint density at radius 3 is 2.75 bits per heavy atom. The number of hydrogen-bond donors (Lipinski definition) is 3. The summed E-state index contributed by atoms with van der Waals surface area (Å²) in [5, 5.41) is 31.4. The van der Waals surface area contributed by atoms with E-state index in [1.54, 1.807) is 0 Å². The number of carbonyl (C=O) groups excluding carboxylic acids is 1. The first-order chi connectivity index (χ1) is 7.52. The molecule has 0 saturated heterocycles. The van der Waals surface area contributed by atoms with Crippen molar-refractivity contribution in [3.05, 3.63) is 17.5 Å². The highest BCUT2D eigenvalue weighted by Gasteiger charge is 2.27. The van der Waals surface area contributed by atoms with Gasteiger partial charge in [0.05, 0.1) is 19.9 Å². The molecule has 1 aromatic heterocycles. The van der Waals surface area contributed by atoms with E-state index in [2.05, 4.69) is 9.84 Å². The van der Waals surface area contributed by atoms with Crippen LogP contribution in [0.5, 0.6) is 0 Å². The van der Waals surface area contributed by atoms with Gasteiger partial charge in [-0.1, -0.05) is 0 Å². The van der Waals surface area contributed by atoms with E-state index in [0.29, 0.717) is 0 Å². The van der Waals surface area contributed by atoms with Crippen LogP contribution < -0.4 is 0 Å². The van der Waals surface area contributed by atoms with Crippen LogP contribution in [-0.2, 0) is 11.8 Å². The standard InChI is InChI=1S/C9H14N2O5/c1-11-7(9(15)16-2)5(3-10-11)8(14)6(13)4-12/h3,6,8,12-14H,4H2,1-2H3. The predicted octanol–water partition coefficient (Wildman–Crippen LogP) is -1.41.